The summed E-state index contributed by atoms with van der Waals surface area (Å²) in [6.45, 7) is 10.3. The molecule has 1 aromatic heterocycles. The van der Waals surface area contributed by atoms with E-state index in [9.17, 15) is 0 Å². The molecular formula is C13H26N4O2. The average molecular weight is 270 g/mol. The monoisotopic (exact) mass is 270 g/mol. The van der Waals surface area contributed by atoms with E-state index in [2.05, 4.69) is 41.6 Å². The molecule has 0 aliphatic carbocycles. The summed E-state index contributed by atoms with van der Waals surface area (Å²) < 4.78 is 10.9. The van der Waals surface area contributed by atoms with Crippen LogP contribution in [0.5, 0.6) is 0 Å². The van der Waals surface area contributed by atoms with E-state index in [1.165, 1.54) is 0 Å². The predicted octanol–water partition coefficient (Wildman–Crippen LogP) is 2.04. The normalized spacial score (nSPS) is 11.2. The molecular weight excluding hydrogens is 244 g/mol. The number of hydrogen-bond acceptors (Lipinski definition) is 6. The molecule has 1 rings (SSSR count). The van der Waals surface area contributed by atoms with Crippen molar-refractivity contribution in [3.8, 4) is 0 Å². The Labute approximate surface area is 115 Å². The molecule has 6 heteroatoms. The minimum absolute atomic E-state index is 0.483. The largest absolute Gasteiger partial charge is 0.407 e. The average Bonchev–Trinajstić information content (AvgIpc) is 2.81. The fourth-order valence-electron chi connectivity index (χ4n) is 1.46. The predicted molar refractivity (Wildman–Crippen MR) is 75.1 cm³/mol. The summed E-state index contributed by atoms with van der Waals surface area (Å²) in [7, 11) is 0. The Kier molecular flexibility index (Phi) is 8.16. The van der Waals surface area contributed by atoms with E-state index < -0.39 is 0 Å². The molecule has 0 unspecified atom stereocenters. The van der Waals surface area contributed by atoms with E-state index in [0.29, 0.717) is 24.4 Å². The summed E-state index contributed by atoms with van der Waals surface area (Å²) in [6.07, 6.45) is 2.02. The molecule has 2 N–H and O–H groups in total. The van der Waals surface area contributed by atoms with Gasteiger partial charge in [-0.15, -0.1) is 5.10 Å². The number of nitrogens with zero attached hydrogens (tertiary/aromatic N) is 2. The molecule has 0 atom stereocenters. The van der Waals surface area contributed by atoms with Gasteiger partial charge in [0.2, 0.25) is 5.89 Å². The van der Waals surface area contributed by atoms with Gasteiger partial charge in [0, 0.05) is 19.8 Å². The first-order valence-electron chi connectivity index (χ1n) is 7.07. The van der Waals surface area contributed by atoms with Gasteiger partial charge in [-0.3, -0.25) is 0 Å². The van der Waals surface area contributed by atoms with Crippen LogP contribution >= 0.6 is 0 Å². The van der Waals surface area contributed by atoms with Gasteiger partial charge in [-0.05, 0) is 25.3 Å². The quantitative estimate of drug-likeness (QED) is 0.600. The smallest absolute Gasteiger partial charge is 0.315 e. The van der Waals surface area contributed by atoms with Gasteiger partial charge in [-0.2, -0.15) is 0 Å². The summed E-state index contributed by atoms with van der Waals surface area (Å²) in [5.41, 5.74) is 0. The first-order valence-corrected chi connectivity index (χ1v) is 7.07. The molecule has 110 valence electrons. The second-order valence-electron chi connectivity index (χ2n) is 4.93. The van der Waals surface area contributed by atoms with Crippen LogP contribution in [0.15, 0.2) is 4.42 Å². The Hall–Kier alpha value is -1.14. The highest BCUT2D eigenvalue weighted by Crippen LogP contribution is 2.05. The van der Waals surface area contributed by atoms with E-state index in [-0.39, 0.29) is 0 Å². The third-order valence-electron chi connectivity index (χ3n) is 2.36. The van der Waals surface area contributed by atoms with Crippen LogP contribution < -0.4 is 10.6 Å². The highest BCUT2D eigenvalue weighted by molar-refractivity contribution is 5.16. The van der Waals surface area contributed by atoms with Crippen molar-refractivity contribution in [1.29, 1.82) is 0 Å². The van der Waals surface area contributed by atoms with Crippen LogP contribution in [0.1, 0.15) is 39.5 Å². The Morgan fingerprint density at radius 3 is 2.84 bits per heavy atom. The summed E-state index contributed by atoms with van der Waals surface area (Å²) in [5, 5.41) is 14.2. The Balaban J connectivity index is 2.06. The lowest BCUT2D eigenvalue weighted by Crippen LogP contribution is -2.13. The highest BCUT2D eigenvalue weighted by Gasteiger charge is 2.04. The maximum Gasteiger partial charge on any atom is 0.315 e. The molecule has 0 radical (unpaired) electrons. The molecule has 0 aliphatic heterocycles. The van der Waals surface area contributed by atoms with Crippen molar-refractivity contribution in [2.75, 3.05) is 31.6 Å². The molecule has 0 spiro atoms. The van der Waals surface area contributed by atoms with Crippen molar-refractivity contribution in [2.24, 2.45) is 5.92 Å². The van der Waals surface area contributed by atoms with Crippen LogP contribution in [0, 0.1) is 5.92 Å². The van der Waals surface area contributed by atoms with Crippen molar-refractivity contribution in [1.82, 2.24) is 15.5 Å². The van der Waals surface area contributed by atoms with Gasteiger partial charge >= 0.3 is 6.01 Å². The molecule has 0 aliphatic rings. The molecule has 0 fully saturated rings. The van der Waals surface area contributed by atoms with Crippen LogP contribution in [-0.4, -0.2) is 36.5 Å². The van der Waals surface area contributed by atoms with Crippen molar-refractivity contribution in [3.63, 3.8) is 0 Å². The summed E-state index contributed by atoms with van der Waals surface area (Å²) in [6, 6.07) is 0.483. The van der Waals surface area contributed by atoms with Crippen molar-refractivity contribution in [2.45, 2.75) is 40.2 Å². The lowest BCUT2D eigenvalue weighted by molar-refractivity contribution is 0.109. The number of anilines is 1. The van der Waals surface area contributed by atoms with Gasteiger partial charge < -0.3 is 19.8 Å². The Morgan fingerprint density at radius 1 is 1.26 bits per heavy atom. The first-order chi connectivity index (χ1) is 9.22. The number of aromatic nitrogens is 2. The van der Waals surface area contributed by atoms with Crippen LogP contribution in [0.2, 0.25) is 0 Å². The molecule has 0 bridgehead atoms. The van der Waals surface area contributed by atoms with Gasteiger partial charge in [0.1, 0.15) is 0 Å². The van der Waals surface area contributed by atoms with Crippen molar-refractivity contribution in [3.05, 3.63) is 5.89 Å². The first kappa shape index (κ1) is 15.9. The molecule has 6 nitrogen and oxygen atoms in total. The van der Waals surface area contributed by atoms with Crippen LogP contribution in [0.3, 0.4) is 0 Å². The van der Waals surface area contributed by atoms with Crippen LogP contribution in [0.25, 0.3) is 0 Å². The summed E-state index contributed by atoms with van der Waals surface area (Å²) in [5.74, 6) is 1.20. The van der Waals surface area contributed by atoms with Gasteiger partial charge in [0.25, 0.3) is 0 Å². The lowest BCUT2D eigenvalue weighted by atomic mass is 10.2. The van der Waals surface area contributed by atoms with Gasteiger partial charge in [-0.25, -0.2) is 0 Å². The SMILES string of the molecule is CCCNCc1nnc(NCCCOCC(C)C)o1. The van der Waals surface area contributed by atoms with Crippen LogP contribution in [-0.2, 0) is 11.3 Å². The zero-order valence-corrected chi connectivity index (χ0v) is 12.2. The van der Waals surface area contributed by atoms with Gasteiger partial charge in [-0.1, -0.05) is 25.9 Å². The molecule has 1 heterocycles. The fraction of sp³-hybridized carbons (Fsp3) is 0.846. The maximum absolute atomic E-state index is 5.49. The molecule has 19 heavy (non-hydrogen) atoms. The molecule has 0 amide bonds. The molecule has 1 aromatic rings. The highest BCUT2D eigenvalue weighted by atomic mass is 16.5. The van der Waals surface area contributed by atoms with Gasteiger partial charge in [0.05, 0.1) is 6.54 Å². The third kappa shape index (κ3) is 7.79. The lowest BCUT2D eigenvalue weighted by Gasteiger charge is -2.06. The van der Waals surface area contributed by atoms with E-state index in [4.69, 9.17) is 9.15 Å². The van der Waals surface area contributed by atoms with Crippen molar-refractivity contribution >= 4 is 6.01 Å². The van der Waals surface area contributed by atoms with Crippen LogP contribution in [0.4, 0.5) is 6.01 Å². The molecule has 0 aromatic carbocycles. The number of ether oxygens (including phenoxy) is 1. The summed E-state index contributed by atoms with van der Waals surface area (Å²) >= 11 is 0. The minimum Gasteiger partial charge on any atom is -0.407 e. The van der Waals surface area contributed by atoms with E-state index >= 15 is 0 Å². The van der Waals surface area contributed by atoms with E-state index in [1.807, 2.05) is 0 Å². The fourth-order valence-corrected chi connectivity index (χ4v) is 1.46. The molecule has 0 saturated heterocycles. The maximum atomic E-state index is 5.49. The number of nitrogens with one attached hydrogen (secondary N) is 2. The zero-order chi connectivity index (χ0) is 13.9. The second-order valence-corrected chi connectivity index (χ2v) is 4.93. The van der Waals surface area contributed by atoms with Gasteiger partial charge in [0.15, 0.2) is 0 Å². The molecule has 0 saturated carbocycles. The Morgan fingerprint density at radius 2 is 2.11 bits per heavy atom. The van der Waals surface area contributed by atoms with Crippen molar-refractivity contribution < 1.29 is 9.15 Å². The Bertz CT molecular complexity index is 328. The van der Waals surface area contributed by atoms with E-state index in [1.54, 1.807) is 0 Å². The standard InChI is InChI=1S/C13H26N4O2/c1-4-6-14-9-12-16-17-13(19-12)15-7-5-8-18-10-11(2)3/h11,14H,4-10H2,1-3H3,(H,15,17). The second kappa shape index (κ2) is 9.75. The van der Waals surface area contributed by atoms with E-state index in [0.717, 1.165) is 39.1 Å². The number of rotatable bonds is 11. The third-order valence-corrected chi connectivity index (χ3v) is 2.36. The number of hydrogen-bond donors (Lipinski definition) is 2. The topological polar surface area (TPSA) is 72.2 Å². The minimum atomic E-state index is 0.483. The zero-order valence-electron chi connectivity index (χ0n) is 12.2. The summed E-state index contributed by atoms with van der Waals surface area (Å²) in [4.78, 5) is 0.